The van der Waals surface area contributed by atoms with Gasteiger partial charge < -0.3 is 29.6 Å². The van der Waals surface area contributed by atoms with Crippen molar-refractivity contribution in [3.63, 3.8) is 0 Å². The van der Waals surface area contributed by atoms with E-state index >= 15 is 0 Å². The molecule has 0 unspecified atom stereocenters. The summed E-state index contributed by atoms with van der Waals surface area (Å²) in [5.74, 6) is 2.47. The van der Waals surface area contributed by atoms with Gasteiger partial charge in [0.15, 0.2) is 5.96 Å². The maximum atomic E-state index is 6.25. The molecule has 1 aliphatic rings. The lowest BCUT2D eigenvalue weighted by Crippen LogP contribution is -2.37. The van der Waals surface area contributed by atoms with Crippen LogP contribution in [-0.4, -0.2) is 59.7 Å². The van der Waals surface area contributed by atoms with Gasteiger partial charge in [0.2, 0.25) is 0 Å². The highest BCUT2D eigenvalue weighted by atomic mass is 16.5. The molecular formula is C21H35N3O4. The maximum absolute atomic E-state index is 6.25. The molecular weight excluding hydrogens is 358 g/mol. The van der Waals surface area contributed by atoms with E-state index in [-0.39, 0.29) is 0 Å². The van der Waals surface area contributed by atoms with E-state index in [0.29, 0.717) is 32.5 Å². The maximum Gasteiger partial charge on any atom is 0.191 e. The fourth-order valence-electron chi connectivity index (χ4n) is 3.13. The largest absolute Gasteiger partial charge is 0.497 e. The van der Waals surface area contributed by atoms with Crippen molar-refractivity contribution in [2.75, 3.05) is 47.6 Å². The van der Waals surface area contributed by atoms with Crippen molar-refractivity contribution in [1.82, 2.24) is 10.6 Å². The topological polar surface area (TPSA) is 73.3 Å². The molecule has 1 saturated carbocycles. The summed E-state index contributed by atoms with van der Waals surface area (Å²) in [6, 6.07) is 5.99. The van der Waals surface area contributed by atoms with Gasteiger partial charge in [0.1, 0.15) is 11.5 Å². The van der Waals surface area contributed by atoms with Crippen LogP contribution >= 0.6 is 0 Å². The molecule has 0 saturated heterocycles. The van der Waals surface area contributed by atoms with Crippen molar-refractivity contribution < 1.29 is 18.9 Å². The Morgan fingerprint density at radius 1 is 1.11 bits per heavy atom. The van der Waals surface area contributed by atoms with Crippen molar-refractivity contribution in [2.45, 2.75) is 44.8 Å². The molecule has 0 atom stereocenters. The predicted molar refractivity (Wildman–Crippen MR) is 111 cm³/mol. The van der Waals surface area contributed by atoms with E-state index in [1.807, 2.05) is 18.2 Å². The molecule has 7 nitrogen and oxygen atoms in total. The zero-order valence-corrected chi connectivity index (χ0v) is 17.5. The van der Waals surface area contributed by atoms with Gasteiger partial charge >= 0.3 is 0 Å². The molecule has 28 heavy (non-hydrogen) atoms. The van der Waals surface area contributed by atoms with Crippen LogP contribution in [-0.2, 0) is 16.0 Å². The van der Waals surface area contributed by atoms with Crippen molar-refractivity contribution in [3.05, 3.63) is 23.8 Å². The summed E-state index contributed by atoms with van der Waals surface area (Å²) in [5, 5.41) is 6.66. The lowest BCUT2D eigenvalue weighted by molar-refractivity contribution is 0.0698. The molecule has 1 aliphatic carbocycles. The van der Waals surface area contributed by atoms with Crippen LogP contribution in [0.15, 0.2) is 23.2 Å². The fraction of sp³-hybridized carbons (Fsp3) is 0.667. The summed E-state index contributed by atoms with van der Waals surface area (Å²) in [5.41, 5.74) is 1.10. The molecule has 7 heteroatoms. The minimum atomic E-state index is 0.307. The molecule has 0 heterocycles. The molecule has 2 N–H and O–H groups in total. The van der Waals surface area contributed by atoms with Gasteiger partial charge in [-0.2, -0.15) is 0 Å². The second kappa shape index (κ2) is 13.2. The quantitative estimate of drug-likeness (QED) is 0.323. The molecule has 0 aromatic heterocycles. The summed E-state index contributed by atoms with van der Waals surface area (Å²) >= 11 is 0. The van der Waals surface area contributed by atoms with E-state index < -0.39 is 0 Å². The first-order valence-electron chi connectivity index (χ1n) is 10.1. The van der Waals surface area contributed by atoms with Crippen LogP contribution in [0.25, 0.3) is 0 Å². The lowest BCUT2D eigenvalue weighted by Gasteiger charge is -2.19. The summed E-state index contributed by atoms with van der Waals surface area (Å²) in [6.07, 6.45) is 5.95. The summed E-state index contributed by atoms with van der Waals surface area (Å²) in [6.45, 7) is 3.39. The van der Waals surface area contributed by atoms with Gasteiger partial charge in [-0.3, -0.25) is 4.99 Å². The van der Waals surface area contributed by atoms with Crippen LogP contribution in [0.5, 0.6) is 11.5 Å². The van der Waals surface area contributed by atoms with Gasteiger partial charge in [0.25, 0.3) is 0 Å². The van der Waals surface area contributed by atoms with Crippen molar-refractivity contribution in [3.8, 4) is 11.5 Å². The van der Waals surface area contributed by atoms with Gasteiger partial charge in [-0.1, -0.05) is 0 Å². The summed E-state index contributed by atoms with van der Waals surface area (Å²) < 4.78 is 22.0. The van der Waals surface area contributed by atoms with Gasteiger partial charge in [-0.05, 0) is 44.2 Å². The number of benzene rings is 1. The van der Waals surface area contributed by atoms with Crippen LogP contribution < -0.4 is 20.1 Å². The number of ether oxygens (including phenoxy) is 4. The SMILES string of the molecule is CN=C(NCCCOCCOC)NCc1ccc(OC)cc1OC1CCCC1. The smallest absolute Gasteiger partial charge is 0.191 e. The highest BCUT2D eigenvalue weighted by Gasteiger charge is 2.18. The zero-order chi connectivity index (χ0) is 20.0. The highest BCUT2D eigenvalue weighted by molar-refractivity contribution is 5.79. The third-order valence-electron chi connectivity index (χ3n) is 4.73. The van der Waals surface area contributed by atoms with Crippen molar-refractivity contribution >= 4 is 5.96 Å². The minimum absolute atomic E-state index is 0.307. The van der Waals surface area contributed by atoms with Gasteiger partial charge in [0, 0.05) is 45.5 Å². The fourth-order valence-corrected chi connectivity index (χ4v) is 3.13. The Morgan fingerprint density at radius 3 is 2.64 bits per heavy atom. The molecule has 1 aromatic carbocycles. The second-order valence-electron chi connectivity index (χ2n) is 6.81. The Kier molecular flexibility index (Phi) is 10.5. The number of methoxy groups -OCH3 is 2. The summed E-state index contributed by atoms with van der Waals surface area (Å²) in [4.78, 5) is 4.29. The average Bonchev–Trinajstić information content (AvgIpc) is 3.23. The molecule has 0 aliphatic heterocycles. The number of hydrogen-bond donors (Lipinski definition) is 2. The molecule has 158 valence electrons. The number of rotatable bonds is 12. The van der Waals surface area contributed by atoms with Gasteiger partial charge in [0.05, 0.1) is 26.4 Å². The third kappa shape index (κ3) is 7.94. The Bertz CT molecular complexity index is 589. The van der Waals surface area contributed by atoms with E-state index in [4.69, 9.17) is 18.9 Å². The third-order valence-corrected chi connectivity index (χ3v) is 4.73. The Morgan fingerprint density at radius 2 is 1.93 bits per heavy atom. The molecule has 2 rings (SSSR count). The lowest BCUT2D eigenvalue weighted by atomic mass is 10.2. The van der Waals surface area contributed by atoms with E-state index in [1.54, 1.807) is 21.3 Å². The second-order valence-corrected chi connectivity index (χ2v) is 6.81. The Labute approximate surface area is 168 Å². The van der Waals surface area contributed by atoms with Crippen LogP contribution in [0, 0.1) is 0 Å². The van der Waals surface area contributed by atoms with Gasteiger partial charge in [-0.15, -0.1) is 0 Å². The number of nitrogens with zero attached hydrogens (tertiary/aromatic N) is 1. The summed E-state index contributed by atoms with van der Waals surface area (Å²) in [7, 11) is 5.12. The average molecular weight is 394 g/mol. The first-order chi connectivity index (χ1) is 13.8. The Hall–Kier alpha value is -1.99. The van der Waals surface area contributed by atoms with Crippen LogP contribution in [0.3, 0.4) is 0 Å². The molecule has 1 aromatic rings. The van der Waals surface area contributed by atoms with E-state index in [1.165, 1.54) is 12.8 Å². The van der Waals surface area contributed by atoms with Crippen LogP contribution in [0.4, 0.5) is 0 Å². The van der Waals surface area contributed by atoms with Crippen LogP contribution in [0.1, 0.15) is 37.7 Å². The zero-order valence-electron chi connectivity index (χ0n) is 17.5. The van der Waals surface area contributed by atoms with Gasteiger partial charge in [-0.25, -0.2) is 0 Å². The monoisotopic (exact) mass is 393 g/mol. The molecule has 0 bridgehead atoms. The number of aliphatic imine (C=N–C) groups is 1. The standard InChI is InChI=1S/C21H35N3O4/c1-22-21(23-11-6-12-27-14-13-25-2)24-16-17-9-10-19(26-3)15-20(17)28-18-7-4-5-8-18/h9-10,15,18H,4-8,11-14,16H2,1-3H3,(H2,22,23,24). The molecule has 0 spiro atoms. The molecule has 0 radical (unpaired) electrons. The first-order valence-corrected chi connectivity index (χ1v) is 10.1. The van der Waals surface area contributed by atoms with Crippen LogP contribution in [0.2, 0.25) is 0 Å². The molecule has 0 amide bonds. The van der Waals surface area contributed by atoms with E-state index in [2.05, 4.69) is 15.6 Å². The Balaban J connectivity index is 1.80. The van der Waals surface area contributed by atoms with Crippen molar-refractivity contribution in [1.29, 1.82) is 0 Å². The normalized spacial score (nSPS) is 14.9. The van der Waals surface area contributed by atoms with E-state index in [9.17, 15) is 0 Å². The number of nitrogens with one attached hydrogen (secondary N) is 2. The number of guanidine groups is 1. The first kappa shape index (κ1) is 22.3. The van der Waals surface area contributed by atoms with E-state index in [0.717, 1.165) is 48.8 Å². The highest BCUT2D eigenvalue weighted by Crippen LogP contribution is 2.29. The number of hydrogen-bond acceptors (Lipinski definition) is 5. The molecule has 1 fully saturated rings. The minimum Gasteiger partial charge on any atom is -0.497 e. The van der Waals surface area contributed by atoms with Crippen molar-refractivity contribution in [2.24, 2.45) is 4.99 Å². The predicted octanol–water partition coefficient (Wildman–Crippen LogP) is 2.73.